The highest BCUT2D eigenvalue weighted by molar-refractivity contribution is 5.58. The van der Waals surface area contributed by atoms with Crippen LogP contribution < -0.4 is 5.73 Å². The van der Waals surface area contributed by atoms with Crippen LogP contribution in [0.5, 0.6) is 0 Å². The Morgan fingerprint density at radius 1 is 1.31 bits per heavy atom. The molecule has 0 atom stereocenters. The van der Waals surface area contributed by atoms with Crippen molar-refractivity contribution in [1.29, 1.82) is 5.26 Å². The largest absolute Gasteiger partial charge is 0.398 e. The molecule has 0 aromatic heterocycles. The molecular weight excluding hydrogens is 160 g/mol. The van der Waals surface area contributed by atoms with Gasteiger partial charge in [0, 0.05) is 5.69 Å². The first kappa shape index (κ1) is 9.60. The molecule has 2 heteroatoms. The number of nitrogens with zero attached hydrogens (tertiary/aromatic N) is 1. The quantitative estimate of drug-likeness (QED) is 0.699. The molecule has 1 aromatic rings. The summed E-state index contributed by atoms with van der Waals surface area (Å²) in [4.78, 5) is 0. The molecule has 0 amide bonds. The van der Waals surface area contributed by atoms with Crippen molar-refractivity contribution in [1.82, 2.24) is 0 Å². The molecule has 1 aromatic carbocycles. The molecule has 0 saturated heterocycles. The van der Waals surface area contributed by atoms with Gasteiger partial charge in [0.25, 0.3) is 0 Å². The van der Waals surface area contributed by atoms with Gasteiger partial charge < -0.3 is 5.73 Å². The van der Waals surface area contributed by atoms with Gasteiger partial charge in [-0.3, -0.25) is 0 Å². The molecule has 0 radical (unpaired) electrons. The number of hydrogen-bond acceptors (Lipinski definition) is 2. The van der Waals surface area contributed by atoms with Gasteiger partial charge in [0.2, 0.25) is 0 Å². The van der Waals surface area contributed by atoms with E-state index in [1.54, 1.807) is 0 Å². The van der Waals surface area contributed by atoms with Crippen LogP contribution in [0.2, 0.25) is 0 Å². The normalized spacial score (nSPS) is 9.62. The van der Waals surface area contributed by atoms with E-state index in [4.69, 9.17) is 11.0 Å². The molecule has 13 heavy (non-hydrogen) atoms. The average molecular weight is 174 g/mol. The molecule has 0 spiro atoms. The first-order valence-corrected chi connectivity index (χ1v) is 4.54. The van der Waals surface area contributed by atoms with Crippen LogP contribution in [0.25, 0.3) is 0 Å². The molecular formula is C11H14N2. The van der Waals surface area contributed by atoms with E-state index in [9.17, 15) is 0 Å². The third-order valence-corrected chi connectivity index (χ3v) is 2.28. The Hall–Kier alpha value is -1.49. The van der Waals surface area contributed by atoms with Gasteiger partial charge in [0.1, 0.15) is 0 Å². The van der Waals surface area contributed by atoms with E-state index in [1.165, 1.54) is 0 Å². The number of nitriles is 1. The van der Waals surface area contributed by atoms with Crippen molar-refractivity contribution < 1.29 is 0 Å². The summed E-state index contributed by atoms with van der Waals surface area (Å²) in [5.41, 5.74) is 9.36. The Labute approximate surface area is 79.0 Å². The third-order valence-electron chi connectivity index (χ3n) is 2.28. The summed E-state index contributed by atoms with van der Waals surface area (Å²) >= 11 is 0. The summed E-state index contributed by atoms with van der Waals surface area (Å²) in [6, 6.07) is 6.05. The fraction of sp³-hybridized carbons (Fsp3) is 0.364. The molecule has 0 unspecified atom stereocenters. The fourth-order valence-corrected chi connectivity index (χ4v) is 1.53. The highest BCUT2D eigenvalue weighted by atomic mass is 14.6. The first-order valence-electron chi connectivity index (χ1n) is 4.54. The second kappa shape index (κ2) is 3.95. The van der Waals surface area contributed by atoms with E-state index in [-0.39, 0.29) is 0 Å². The second-order valence-corrected chi connectivity index (χ2v) is 2.99. The van der Waals surface area contributed by atoms with E-state index < -0.39 is 0 Å². The predicted octanol–water partition coefficient (Wildman–Crippen LogP) is 2.27. The molecule has 2 N–H and O–H groups in total. The van der Waals surface area contributed by atoms with Crippen LogP contribution in [-0.4, -0.2) is 0 Å². The average Bonchev–Trinajstić information content (AvgIpc) is 2.17. The number of nitrogens with two attached hydrogens (primary N) is 1. The van der Waals surface area contributed by atoms with Crippen LogP contribution in [-0.2, 0) is 12.8 Å². The van der Waals surface area contributed by atoms with E-state index >= 15 is 0 Å². The predicted molar refractivity (Wildman–Crippen MR) is 54.3 cm³/mol. The second-order valence-electron chi connectivity index (χ2n) is 2.99. The van der Waals surface area contributed by atoms with E-state index in [1.807, 2.05) is 26.0 Å². The van der Waals surface area contributed by atoms with Crippen molar-refractivity contribution in [2.45, 2.75) is 26.7 Å². The number of aryl methyl sites for hydroxylation is 1. The summed E-state index contributed by atoms with van der Waals surface area (Å²) in [5, 5.41) is 8.98. The lowest BCUT2D eigenvalue weighted by molar-refractivity contribution is 1.07. The maximum Gasteiger partial charge on any atom is 0.0998 e. The minimum Gasteiger partial charge on any atom is -0.398 e. The van der Waals surface area contributed by atoms with Gasteiger partial charge in [-0.05, 0) is 30.0 Å². The van der Waals surface area contributed by atoms with Gasteiger partial charge in [-0.1, -0.05) is 19.9 Å². The molecule has 0 aliphatic heterocycles. The number of hydrogen-bond donors (Lipinski definition) is 1. The highest BCUT2D eigenvalue weighted by Crippen LogP contribution is 2.21. The van der Waals surface area contributed by atoms with Crippen molar-refractivity contribution in [2.75, 3.05) is 5.73 Å². The summed E-state index contributed by atoms with van der Waals surface area (Å²) in [6.45, 7) is 4.07. The summed E-state index contributed by atoms with van der Waals surface area (Å²) in [7, 11) is 0. The molecule has 2 nitrogen and oxygen atoms in total. The zero-order valence-electron chi connectivity index (χ0n) is 8.09. The maximum absolute atomic E-state index is 8.98. The van der Waals surface area contributed by atoms with Crippen LogP contribution in [0, 0.1) is 11.3 Å². The molecule has 0 aliphatic carbocycles. The van der Waals surface area contributed by atoms with Crippen LogP contribution in [0.15, 0.2) is 12.1 Å². The highest BCUT2D eigenvalue weighted by Gasteiger charge is 2.08. The van der Waals surface area contributed by atoms with E-state index in [0.717, 1.165) is 35.2 Å². The molecule has 68 valence electrons. The Bertz CT molecular complexity index is 348. The third kappa shape index (κ3) is 1.65. The standard InChI is InChI=1S/C11H14N2/c1-3-8-5-6-11(13)9(4-2)10(8)7-12/h5-6H,3-4,13H2,1-2H3. The van der Waals surface area contributed by atoms with E-state index in [0.29, 0.717) is 0 Å². The smallest absolute Gasteiger partial charge is 0.0998 e. The SMILES string of the molecule is CCc1ccc(N)c(CC)c1C#N. The Morgan fingerprint density at radius 3 is 2.46 bits per heavy atom. The number of anilines is 1. The minimum absolute atomic E-state index is 0.733. The van der Waals surface area contributed by atoms with Crippen molar-refractivity contribution >= 4 is 5.69 Å². The van der Waals surface area contributed by atoms with Gasteiger partial charge in [-0.15, -0.1) is 0 Å². The molecule has 0 bridgehead atoms. The van der Waals surface area contributed by atoms with Crippen molar-refractivity contribution in [3.05, 3.63) is 28.8 Å². The van der Waals surface area contributed by atoms with Gasteiger partial charge >= 0.3 is 0 Å². The van der Waals surface area contributed by atoms with Crippen molar-refractivity contribution in [2.24, 2.45) is 0 Å². The summed E-state index contributed by atoms with van der Waals surface area (Å²) in [5.74, 6) is 0. The molecule has 1 rings (SSSR count). The van der Waals surface area contributed by atoms with Crippen LogP contribution in [0.4, 0.5) is 5.69 Å². The topological polar surface area (TPSA) is 49.8 Å². The Kier molecular flexibility index (Phi) is 2.92. The van der Waals surface area contributed by atoms with Crippen LogP contribution in [0.3, 0.4) is 0 Å². The van der Waals surface area contributed by atoms with Crippen LogP contribution in [0.1, 0.15) is 30.5 Å². The summed E-state index contributed by atoms with van der Waals surface area (Å²) in [6.07, 6.45) is 1.71. The Morgan fingerprint density at radius 2 is 2.00 bits per heavy atom. The monoisotopic (exact) mass is 174 g/mol. The number of rotatable bonds is 2. The zero-order chi connectivity index (χ0) is 9.84. The van der Waals surface area contributed by atoms with Gasteiger partial charge in [-0.25, -0.2) is 0 Å². The van der Waals surface area contributed by atoms with Crippen molar-refractivity contribution in [3.63, 3.8) is 0 Å². The summed E-state index contributed by atoms with van der Waals surface area (Å²) < 4.78 is 0. The number of benzene rings is 1. The van der Waals surface area contributed by atoms with Gasteiger partial charge in [0.15, 0.2) is 0 Å². The minimum atomic E-state index is 0.733. The maximum atomic E-state index is 8.98. The van der Waals surface area contributed by atoms with Gasteiger partial charge in [0.05, 0.1) is 11.6 Å². The lowest BCUT2D eigenvalue weighted by Crippen LogP contribution is -2.00. The molecule has 0 heterocycles. The lowest BCUT2D eigenvalue weighted by Gasteiger charge is -2.08. The van der Waals surface area contributed by atoms with E-state index in [2.05, 4.69) is 6.07 Å². The van der Waals surface area contributed by atoms with Crippen LogP contribution >= 0.6 is 0 Å². The van der Waals surface area contributed by atoms with Gasteiger partial charge in [-0.2, -0.15) is 5.26 Å². The Balaban J connectivity index is 3.39. The molecule has 0 fully saturated rings. The van der Waals surface area contributed by atoms with Crippen molar-refractivity contribution in [3.8, 4) is 6.07 Å². The first-order chi connectivity index (χ1) is 6.24. The number of nitrogen functional groups attached to an aromatic ring is 1. The lowest BCUT2D eigenvalue weighted by atomic mass is 9.97. The zero-order valence-corrected chi connectivity index (χ0v) is 8.09. The molecule has 0 saturated carbocycles. The molecule has 0 aliphatic rings. The fourth-order valence-electron chi connectivity index (χ4n) is 1.53.